The second-order valence-corrected chi connectivity index (χ2v) is 4.68. The third kappa shape index (κ3) is 2.21. The van der Waals surface area contributed by atoms with Gasteiger partial charge >= 0.3 is 0 Å². The number of hydrogen-bond acceptors (Lipinski definition) is 3. The fraction of sp³-hybridized carbons (Fsp3) is 0.364. The van der Waals surface area contributed by atoms with Gasteiger partial charge in [-0.3, -0.25) is 4.68 Å². The molecule has 2 aromatic heterocycles. The maximum atomic E-state index is 4.35. The van der Waals surface area contributed by atoms with Crippen LogP contribution in [-0.4, -0.2) is 9.78 Å². The minimum Gasteiger partial charge on any atom is -0.364 e. The zero-order chi connectivity index (χ0) is 10.8. The predicted octanol–water partition coefficient (Wildman–Crippen LogP) is 2.71. The molecule has 0 aliphatic rings. The van der Waals surface area contributed by atoms with E-state index in [2.05, 4.69) is 41.8 Å². The molecule has 0 aromatic carbocycles. The molecule has 0 unspecified atom stereocenters. The third-order valence-corrected chi connectivity index (χ3v) is 3.54. The summed E-state index contributed by atoms with van der Waals surface area (Å²) >= 11 is 1.78. The zero-order valence-corrected chi connectivity index (χ0v) is 10.1. The van der Waals surface area contributed by atoms with E-state index in [4.69, 9.17) is 0 Å². The molecule has 0 saturated heterocycles. The van der Waals surface area contributed by atoms with Gasteiger partial charge in [-0.1, -0.05) is 0 Å². The molecule has 0 spiro atoms. The Hall–Kier alpha value is -1.29. The van der Waals surface area contributed by atoms with Crippen molar-refractivity contribution in [3.63, 3.8) is 0 Å². The maximum absolute atomic E-state index is 4.35. The Kier molecular flexibility index (Phi) is 2.77. The summed E-state index contributed by atoms with van der Waals surface area (Å²) in [6, 6.07) is 4.20. The summed E-state index contributed by atoms with van der Waals surface area (Å²) in [4.78, 5) is 1.37. The fourth-order valence-corrected chi connectivity index (χ4v) is 2.25. The fourth-order valence-electron chi connectivity index (χ4n) is 1.40. The molecule has 0 atom stereocenters. The van der Waals surface area contributed by atoms with Gasteiger partial charge in [-0.25, -0.2) is 0 Å². The average molecular weight is 221 g/mol. The molecule has 0 bridgehead atoms. The zero-order valence-electron chi connectivity index (χ0n) is 9.24. The summed E-state index contributed by atoms with van der Waals surface area (Å²) in [5.74, 6) is 0.947. The second-order valence-electron chi connectivity index (χ2n) is 3.67. The van der Waals surface area contributed by atoms with Crippen molar-refractivity contribution in [2.24, 2.45) is 7.05 Å². The molecule has 1 N–H and O–H groups in total. The highest BCUT2D eigenvalue weighted by Gasteiger charge is 2.02. The highest BCUT2D eigenvalue weighted by atomic mass is 32.1. The van der Waals surface area contributed by atoms with E-state index in [1.54, 1.807) is 11.3 Å². The van der Waals surface area contributed by atoms with Crippen LogP contribution in [0.4, 0.5) is 5.82 Å². The van der Waals surface area contributed by atoms with E-state index in [-0.39, 0.29) is 0 Å². The Morgan fingerprint density at radius 1 is 1.47 bits per heavy atom. The minimum absolute atomic E-state index is 0.861. The van der Waals surface area contributed by atoms with E-state index in [9.17, 15) is 0 Å². The summed E-state index contributed by atoms with van der Waals surface area (Å²) in [6.45, 7) is 5.05. The molecule has 0 saturated carbocycles. The summed E-state index contributed by atoms with van der Waals surface area (Å²) in [5.41, 5.74) is 2.51. The van der Waals surface area contributed by atoms with Crippen LogP contribution < -0.4 is 5.32 Å². The Balaban J connectivity index is 2.02. The second kappa shape index (κ2) is 4.06. The number of nitrogens with zero attached hydrogens (tertiary/aromatic N) is 2. The van der Waals surface area contributed by atoms with E-state index in [1.807, 2.05) is 11.7 Å². The lowest BCUT2D eigenvalue weighted by atomic mass is 10.3. The first-order valence-electron chi connectivity index (χ1n) is 4.94. The summed E-state index contributed by atoms with van der Waals surface area (Å²) in [5, 5.41) is 9.80. The highest BCUT2D eigenvalue weighted by Crippen LogP contribution is 2.17. The van der Waals surface area contributed by atoms with Gasteiger partial charge in [0.05, 0.1) is 6.54 Å². The largest absolute Gasteiger partial charge is 0.364 e. The first kappa shape index (κ1) is 10.2. The van der Waals surface area contributed by atoms with Gasteiger partial charge in [-0.2, -0.15) is 5.10 Å². The van der Waals surface area contributed by atoms with Gasteiger partial charge in [0.25, 0.3) is 0 Å². The molecule has 0 aliphatic heterocycles. The number of nitrogens with one attached hydrogen (secondary N) is 1. The van der Waals surface area contributed by atoms with Gasteiger partial charge in [-0.05, 0) is 30.9 Å². The minimum atomic E-state index is 0.861. The Bertz CT molecular complexity index is 437. The molecule has 2 aromatic rings. The van der Waals surface area contributed by atoms with Crippen molar-refractivity contribution >= 4 is 17.2 Å². The molecule has 0 fully saturated rings. The Morgan fingerprint density at radius 2 is 2.27 bits per heavy atom. The van der Waals surface area contributed by atoms with Gasteiger partial charge in [0.15, 0.2) is 0 Å². The first-order valence-corrected chi connectivity index (χ1v) is 5.82. The lowest BCUT2D eigenvalue weighted by Crippen LogP contribution is -2.00. The van der Waals surface area contributed by atoms with E-state index in [0.29, 0.717) is 0 Å². The van der Waals surface area contributed by atoms with Gasteiger partial charge < -0.3 is 5.32 Å². The Labute approximate surface area is 93.7 Å². The van der Waals surface area contributed by atoms with Crippen LogP contribution in [0.3, 0.4) is 0 Å². The van der Waals surface area contributed by atoms with Crippen molar-refractivity contribution in [2.75, 3.05) is 5.32 Å². The van der Waals surface area contributed by atoms with E-state index < -0.39 is 0 Å². The molecule has 2 rings (SSSR count). The standard InChI is InChI=1S/C11H15N3S/c1-8-4-5-15-10(8)7-12-11-6-9(2)14(3)13-11/h4-6H,7H2,1-3H3,(H,12,13). The molecule has 0 aliphatic carbocycles. The van der Waals surface area contributed by atoms with Crippen molar-refractivity contribution in [1.29, 1.82) is 0 Å². The molecule has 4 heteroatoms. The molecular formula is C11H15N3S. The quantitative estimate of drug-likeness (QED) is 0.863. The number of thiophene rings is 1. The van der Waals surface area contributed by atoms with Gasteiger partial charge in [-0.15, -0.1) is 11.3 Å². The third-order valence-electron chi connectivity index (χ3n) is 2.51. The number of rotatable bonds is 3. The molecule has 0 amide bonds. The topological polar surface area (TPSA) is 29.9 Å². The number of hydrogen-bond donors (Lipinski definition) is 1. The monoisotopic (exact) mass is 221 g/mol. The Morgan fingerprint density at radius 3 is 2.80 bits per heavy atom. The van der Waals surface area contributed by atoms with Crippen LogP contribution in [0.2, 0.25) is 0 Å². The summed E-state index contributed by atoms with van der Waals surface area (Å²) < 4.78 is 1.88. The van der Waals surface area contributed by atoms with Crippen LogP contribution in [-0.2, 0) is 13.6 Å². The van der Waals surface area contributed by atoms with Crippen molar-refractivity contribution < 1.29 is 0 Å². The average Bonchev–Trinajstić information content (AvgIpc) is 2.72. The van der Waals surface area contributed by atoms with Crippen molar-refractivity contribution in [1.82, 2.24) is 9.78 Å². The van der Waals surface area contributed by atoms with Crippen LogP contribution >= 0.6 is 11.3 Å². The van der Waals surface area contributed by atoms with Gasteiger partial charge in [0.2, 0.25) is 0 Å². The number of aromatic nitrogens is 2. The normalized spacial score (nSPS) is 10.6. The van der Waals surface area contributed by atoms with E-state index >= 15 is 0 Å². The predicted molar refractivity (Wildman–Crippen MR) is 64.3 cm³/mol. The molecular weight excluding hydrogens is 206 g/mol. The molecule has 80 valence electrons. The smallest absolute Gasteiger partial charge is 0.148 e. The molecule has 3 nitrogen and oxygen atoms in total. The summed E-state index contributed by atoms with van der Waals surface area (Å²) in [6.07, 6.45) is 0. The molecule has 15 heavy (non-hydrogen) atoms. The van der Waals surface area contributed by atoms with Crippen LogP contribution in [0.1, 0.15) is 16.1 Å². The van der Waals surface area contributed by atoms with Gasteiger partial charge in [0.1, 0.15) is 5.82 Å². The van der Waals surface area contributed by atoms with Crippen molar-refractivity contribution in [3.05, 3.63) is 33.6 Å². The van der Waals surface area contributed by atoms with E-state index in [1.165, 1.54) is 16.1 Å². The van der Waals surface area contributed by atoms with Crippen LogP contribution in [0, 0.1) is 13.8 Å². The molecule has 0 radical (unpaired) electrons. The lowest BCUT2D eigenvalue weighted by Gasteiger charge is -2.01. The number of aryl methyl sites for hydroxylation is 3. The van der Waals surface area contributed by atoms with Crippen molar-refractivity contribution in [2.45, 2.75) is 20.4 Å². The highest BCUT2D eigenvalue weighted by molar-refractivity contribution is 7.10. The van der Waals surface area contributed by atoms with E-state index in [0.717, 1.165) is 12.4 Å². The van der Waals surface area contributed by atoms with Crippen LogP contribution in [0.15, 0.2) is 17.5 Å². The summed E-state index contributed by atoms with van der Waals surface area (Å²) in [7, 11) is 1.96. The van der Waals surface area contributed by atoms with Crippen LogP contribution in [0.5, 0.6) is 0 Å². The SMILES string of the molecule is Cc1ccsc1CNc1cc(C)n(C)n1. The maximum Gasteiger partial charge on any atom is 0.148 e. The number of anilines is 1. The van der Waals surface area contributed by atoms with Gasteiger partial charge in [0, 0.05) is 23.7 Å². The lowest BCUT2D eigenvalue weighted by molar-refractivity contribution is 0.741. The first-order chi connectivity index (χ1) is 7.16. The van der Waals surface area contributed by atoms with Crippen molar-refractivity contribution in [3.8, 4) is 0 Å². The van der Waals surface area contributed by atoms with Crippen LogP contribution in [0.25, 0.3) is 0 Å². The molecule has 2 heterocycles.